The fourth-order valence-corrected chi connectivity index (χ4v) is 3.49. The lowest BCUT2D eigenvalue weighted by Gasteiger charge is -2.26. The number of urea groups is 1. The molecule has 1 fully saturated rings. The molecule has 33 heavy (non-hydrogen) atoms. The minimum absolute atomic E-state index is 0.0111. The van der Waals surface area contributed by atoms with E-state index < -0.39 is 0 Å². The number of carbonyl (C=O) groups is 2. The summed E-state index contributed by atoms with van der Waals surface area (Å²) in [6.07, 6.45) is 0.453. The molecule has 1 aromatic heterocycles. The molecule has 1 aliphatic heterocycles. The maximum Gasteiger partial charge on any atom is 0.321 e. The number of morpholine rings is 1. The van der Waals surface area contributed by atoms with E-state index in [1.165, 1.54) is 0 Å². The van der Waals surface area contributed by atoms with E-state index in [2.05, 4.69) is 15.5 Å². The van der Waals surface area contributed by atoms with Crippen LogP contribution < -0.4 is 5.32 Å². The quantitative estimate of drug-likeness (QED) is 0.620. The lowest BCUT2D eigenvalue weighted by molar-refractivity contribution is 0.0303. The lowest BCUT2D eigenvalue weighted by atomic mass is 10.1. The summed E-state index contributed by atoms with van der Waals surface area (Å²) in [7, 11) is 1.72. The number of nitrogens with one attached hydrogen (secondary N) is 1. The highest BCUT2D eigenvalue weighted by molar-refractivity contribution is 5.94. The Kier molecular flexibility index (Phi) is 6.99. The summed E-state index contributed by atoms with van der Waals surface area (Å²) in [6, 6.07) is 14.6. The number of hydrogen-bond donors (Lipinski definition) is 1. The van der Waals surface area contributed by atoms with Crippen molar-refractivity contribution in [2.75, 3.05) is 45.2 Å². The standard InChI is InChI=1S/C24H27N5O4/c1-17-4-3-5-20(16-17)25-24(31)28(2)11-10-21-26-22(33-27-21)18-6-8-19(9-7-18)23(30)29-12-14-32-15-13-29/h3-9,16H,10-15H2,1-2H3,(H,25,31). The molecule has 9 nitrogen and oxygen atoms in total. The summed E-state index contributed by atoms with van der Waals surface area (Å²) in [5.74, 6) is 0.874. The molecular formula is C24H27N5O4. The molecule has 0 radical (unpaired) electrons. The number of amides is 3. The minimum Gasteiger partial charge on any atom is -0.378 e. The molecule has 4 rings (SSSR count). The number of rotatable bonds is 6. The average molecular weight is 450 g/mol. The number of benzene rings is 2. The van der Waals surface area contributed by atoms with Gasteiger partial charge >= 0.3 is 6.03 Å². The first kappa shape index (κ1) is 22.5. The summed E-state index contributed by atoms with van der Waals surface area (Å²) < 4.78 is 10.7. The molecule has 3 amide bonds. The predicted octanol–water partition coefficient (Wildman–Crippen LogP) is 3.22. The third-order valence-electron chi connectivity index (χ3n) is 5.43. The van der Waals surface area contributed by atoms with Crippen LogP contribution in [0.25, 0.3) is 11.5 Å². The molecule has 0 bridgehead atoms. The van der Waals surface area contributed by atoms with E-state index in [1.807, 2.05) is 31.2 Å². The zero-order chi connectivity index (χ0) is 23.2. The van der Waals surface area contributed by atoms with Crippen molar-refractivity contribution >= 4 is 17.6 Å². The lowest BCUT2D eigenvalue weighted by Crippen LogP contribution is -2.40. The Bertz CT molecular complexity index is 1110. The maximum atomic E-state index is 12.6. The van der Waals surface area contributed by atoms with Crippen LogP contribution in [-0.2, 0) is 11.2 Å². The summed E-state index contributed by atoms with van der Waals surface area (Å²) in [6.45, 7) is 4.75. The van der Waals surface area contributed by atoms with Gasteiger partial charge < -0.3 is 24.4 Å². The van der Waals surface area contributed by atoms with Gasteiger partial charge in [0.2, 0.25) is 0 Å². The molecule has 0 saturated carbocycles. The van der Waals surface area contributed by atoms with Crippen molar-refractivity contribution in [3.63, 3.8) is 0 Å². The van der Waals surface area contributed by atoms with Crippen LogP contribution in [-0.4, -0.2) is 71.8 Å². The second kappa shape index (κ2) is 10.3. The first-order chi connectivity index (χ1) is 16.0. The summed E-state index contributed by atoms with van der Waals surface area (Å²) in [4.78, 5) is 32.7. The highest BCUT2D eigenvalue weighted by Crippen LogP contribution is 2.19. The van der Waals surface area contributed by atoms with Crippen molar-refractivity contribution in [3.8, 4) is 11.5 Å². The topological polar surface area (TPSA) is 101 Å². The molecule has 0 aliphatic carbocycles. The van der Waals surface area contributed by atoms with Gasteiger partial charge in [0.05, 0.1) is 13.2 Å². The summed E-state index contributed by atoms with van der Waals surface area (Å²) in [5, 5.41) is 6.89. The number of hydrogen-bond acceptors (Lipinski definition) is 6. The van der Waals surface area contributed by atoms with Crippen molar-refractivity contribution in [1.29, 1.82) is 0 Å². The molecule has 0 atom stereocenters. The maximum absolute atomic E-state index is 12.6. The Balaban J connectivity index is 1.31. The van der Waals surface area contributed by atoms with Crippen LogP contribution >= 0.6 is 0 Å². The Morgan fingerprint density at radius 2 is 1.88 bits per heavy atom. The van der Waals surface area contributed by atoms with Crippen LogP contribution in [0.15, 0.2) is 53.1 Å². The molecule has 0 unspecified atom stereocenters. The first-order valence-electron chi connectivity index (χ1n) is 10.9. The van der Waals surface area contributed by atoms with E-state index in [4.69, 9.17) is 9.26 Å². The SMILES string of the molecule is Cc1cccc(NC(=O)N(C)CCc2noc(-c3ccc(C(=O)N4CCOCC4)cc3)n2)c1. The molecule has 1 N–H and O–H groups in total. The summed E-state index contributed by atoms with van der Waals surface area (Å²) in [5.41, 5.74) is 3.18. The second-order valence-corrected chi connectivity index (χ2v) is 7.97. The molecule has 9 heteroatoms. The van der Waals surface area contributed by atoms with Crippen molar-refractivity contribution in [1.82, 2.24) is 19.9 Å². The molecule has 2 aromatic carbocycles. The van der Waals surface area contributed by atoms with Crippen LogP contribution in [0, 0.1) is 6.92 Å². The Hall–Kier alpha value is -3.72. The highest BCUT2D eigenvalue weighted by Gasteiger charge is 2.19. The van der Waals surface area contributed by atoms with E-state index >= 15 is 0 Å². The van der Waals surface area contributed by atoms with Gasteiger partial charge in [-0.25, -0.2) is 4.79 Å². The number of ether oxygens (including phenoxy) is 1. The number of carbonyl (C=O) groups excluding carboxylic acids is 2. The van der Waals surface area contributed by atoms with Gasteiger partial charge in [-0.1, -0.05) is 17.3 Å². The third kappa shape index (κ3) is 5.75. The van der Waals surface area contributed by atoms with Crippen LogP contribution in [0.5, 0.6) is 0 Å². The fourth-order valence-electron chi connectivity index (χ4n) is 3.49. The van der Waals surface area contributed by atoms with Gasteiger partial charge in [-0.15, -0.1) is 0 Å². The van der Waals surface area contributed by atoms with E-state index in [9.17, 15) is 9.59 Å². The van der Waals surface area contributed by atoms with Gasteiger partial charge in [-0.3, -0.25) is 4.79 Å². The largest absolute Gasteiger partial charge is 0.378 e. The molecule has 3 aromatic rings. The minimum atomic E-state index is -0.204. The van der Waals surface area contributed by atoms with Crippen molar-refractivity contribution in [2.45, 2.75) is 13.3 Å². The molecule has 2 heterocycles. The van der Waals surface area contributed by atoms with Crippen LogP contribution in [0.1, 0.15) is 21.7 Å². The second-order valence-electron chi connectivity index (χ2n) is 7.97. The van der Waals surface area contributed by atoms with E-state index in [-0.39, 0.29) is 11.9 Å². The molecule has 172 valence electrons. The van der Waals surface area contributed by atoms with Gasteiger partial charge in [-0.05, 0) is 48.9 Å². The van der Waals surface area contributed by atoms with Crippen molar-refractivity contribution in [3.05, 3.63) is 65.5 Å². The predicted molar refractivity (Wildman–Crippen MR) is 123 cm³/mol. The number of aromatic nitrogens is 2. The monoisotopic (exact) mass is 449 g/mol. The molecule has 1 saturated heterocycles. The number of aryl methyl sites for hydroxylation is 1. The van der Waals surface area contributed by atoms with E-state index in [1.54, 1.807) is 41.1 Å². The van der Waals surface area contributed by atoms with Gasteiger partial charge in [0.1, 0.15) is 0 Å². The van der Waals surface area contributed by atoms with Gasteiger partial charge in [0.25, 0.3) is 11.8 Å². The summed E-state index contributed by atoms with van der Waals surface area (Å²) >= 11 is 0. The third-order valence-corrected chi connectivity index (χ3v) is 5.43. The van der Waals surface area contributed by atoms with E-state index in [0.717, 1.165) is 16.8 Å². The average Bonchev–Trinajstić information content (AvgIpc) is 3.32. The van der Waals surface area contributed by atoms with Crippen LogP contribution in [0.2, 0.25) is 0 Å². The zero-order valence-electron chi connectivity index (χ0n) is 18.8. The van der Waals surface area contributed by atoms with Gasteiger partial charge in [0.15, 0.2) is 5.82 Å². The Morgan fingerprint density at radius 1 is 1.12 bits per heavy atom. The Labute approximate surface area is 192 Å². The van der Waals surface area contributed by atoms with Gasteiger partial charge in [-0.2, -0.15) is 4.98 Å². The van der Waals surface area contributed by atoms with Crippen LogP contribution in [0.4, 0.5) is 10.5 Å². The van der Waals surface area contributed by atoms with Crippen LogP contribution in [0.3, 0.4) is 0 Å². The molecular weight excluding hydrogens is 422 g/mol. The molecule has 0 spiro atoms. The highest BCUT2D eigenvalue weighted by atomic mass is 16.5. The smallest absolute Gasteiger partial charge is 0.321 e. The number of nitrogens with zero attached hydrogens (tertiary/aromatic N) is 4. The first-order valence-corrected chi connectivity index (χ1v) is 10.9. The van der Waals surface area contributed by atoms with Crippen molar-refractivity contribution < 1.29 is 18.8 Å². The zero-order valence-corrected chi connectivity index (χ0v) is 18.8. The normalized spacial score (nSPS) is 13.6. The fraction of sp³-hybridized carbons (Fsp3) is 0.333. The number of anilines is 1. The van der Waals surface area contributed by atoms with Gasteiger partial charge in [0, 0.05) is 49.9 Å². The molecule has 1 aliphatic rings. The Morgan fingerprint density at radius 3 is 2.61 bits per heavy atom. The van der Waals surface area contributed by atoms with E-state index in [0.29, 0.717) is 56.5 Å². The van der Waals surface area contributed by atoms with Crippen molar-refractivity contribution in [2.24, 2.45) is 0 Å². The number of likely N-dealkylation sites (N-methyl/N-ethyl adjacent to an activating group) is 1.